The number of hydrogen-bond donors (Lipinski definition) is 1. The lowest BCUT2D eigenvalue weighted by Crippen LogP contribution is -1.94. The molecular weight excluding hydrogens is 166 g/mol. The zero-order chi connectivity index (χ0) is 9.42. The lowest BCUT2D eigenvalue weighted by molar-refractivity contribution is 0.200. The standard InChI is InChI=1S/C9H11N3O/c1-6-3-10-9-8(7(2)13)4-11-12(9)5-6/h3-5,7,13H,1-2H3. The van der Waals surface area contributed by atoms with Crippen molar-refractivity contribution in [1.29, 1.82) is 0 Å². The third-order valence-corrected chi connectivity index (χ3v) is 1.96. The van der Waals surface area contributed by atoms with Crippen LogP contribution in [0.2, 0.25) is 0 Å². The van der Waals surface area contributed by atoms with Gasteiger partial charge in [-0.3, -0.25) is 0 Å². The van der Waals surface area contributed by atoms with E-state index in [2.05, 4.69) is 10.1 Å². The molecule has 0 fully saturated rings. The molecule has 68 valence electrons. The second-order valence-electron chi connectivity index (χ2n) is 3.18. The quantitative estimate of drug-likeness (QED) is 0.709. The van der Waals surface area contributed by atoms with Crippen LogP contribution in [0.3, 0.4) is 0 Å². The summed E-state index contributed by atoms with van der Waals surface area (Å²) in [7, 11) is 0. The molecular formula is C9H11N3O. The van der Waals surface area contributed by atoms with Crippen LogP contribution in [0.1, 0.15) is 24.2 Å². The number of aryl methyl sites for hydroxylation is 1. The SMILES string of the molecule is Cc1cnc2c(C(C)O)cnn2c1. The fourth-order valence-corrected chi connectivity index (χ4v) is 1.28. The number of hydrogen-bond acceptors (Lipinski definition) is 3. The molecule has 1 unspecified atom stereocenters. The highest BCUT2D eigenvalue weighted by Gasteiger charge is 2.09. The molecule has 0 aliphatic heterocycles. The van der Waals surface area contributed by atoms with E-state index in [1.165, 1.54) is 0 Å². The smallest absolute Gasteiger partial charge is 0.160 e. The first kappa shape index (κ1) is 8.19. The third kappa shape index (κ3) is 1.29. The minimum absolute atomic E-state index is 0.521. The van der Waals surface area contributed by atoms with Gasteiger partial charge in [-0.2, -0.15) is 5.10 Å². The first-order valence-electron chi connectivity index (χ1n) is 4.16. The van der Waals surface area contributed by atoms with Gasteiger partial charge in [-0.15, -0.1) is 0 Å². The molecule has 0 aromatic carbocycles. The number of aliphatic hydroxyl groups excluding tert-OH is 1. The van der Waals surface area contributed by atoms with Crippen molar-refractivity contribution in [2.75, 3.05) is 0 Å². The average Bonchev–Trinajstić information content (AvgIpc) is 2.46. The van der Waals surface area contributed by atoms with Gasteiger partial charge in [0.05, 0.1) is 12.3 Å². The van der Waals surface area contributed by atoms with E-state index in [0.29, 0.717) is 0 Å². The molecule has 2 aromatic heterocycles. The Balaban J connectivity index is 2.69. The van der Waals surface area contributed by atoms with Gasteiger partial charge in [0, 0.05) is 18.0 Å². The zero-order valence-corrected chi connectivity index (χ0v) is 7.60. The van der Waals surface area contributed by atoms with Crippen molar-refractivity contribution < 1.29 is 5.11 Å². The van der Waals surface area contributed by atoms with E-state index >= 15 is 0 Å². The van der Waals surface area contributed by atoms with Crippen LogP contribution >= 0.6 is 0 Å². The Morgan fingerprint density at radius 2 is 2.23 bits per heavy atom. The predicted molar refractivity (Wildman–Crippen MR) is 48.4 cm³/mol. The topological polar surface area (TPSA) is 50.4 Å². The summed E-state index contributed by atoms with van der Waals surface area (Å²) in [6.45, 7) is 3.66. The molecule has 0 saturated carbocycles. The van der Waals surface area contributed by atoms with Gasteiger partial charge in [0.2, 0.25) is 0 Å². The molecule has 0 spiro atoms. The summed E-state index contributed by atoms with van der Waals surface area (Å²) in [5.41, 5.74) is 2.54. The van der Waals surface area contributed by atoms with E-state index in [1.54, 1.807) is 23.8 Å². The Bertz CT molecular complexity index is 433. The van der Waals surface area contributed by atoms with Gasteiger partial charge in [0.1, 0.15) is 0 Å². The number of nitrogens with zero attached hydrogens (tertiary/aromatic N) is 3. The second kappa shape index (κ2) is 2.81. The van der Waals surface area contributed by atoms with Crippen molar-refractivity contribution in [3.63, 3.8) is 0 Å². The molecule has 2 heterocycles. The van der Waals surface area contributed by atoms with Crippen molar-refractivity contribution in [3.05, 3.63) is 29.7 Å². The van der Waals surface area contributed by atoms with Crippen LogP contribution in [-0.4, -0.2) is 19.7 Å². The Kier molecular flexibility index (Phi) is 1.77. The zero-order valence-electron chi connectivity index (χ0n) is 7.60. The highest BCUT2D eigenvalue weighted by atomic mass is 16.3. The summed E-state index contributed by atoms with van der Waals surface area (Å²) in [4.78, 5) is 4.20. The molecule has 4 nitrogen and oxygen atoms in total. The van der Waals surface area contributed by atoms with Crippen molar-refractivity contribution in [1.82, 2.24) is 14.6 Å². The van der Waals surface area contributed by atoms with Crippen molar-refractivity contribution in [3.8, 4) is 0 Å². The maximum absolute atomic E-state index is 9.39. The van der Waals surface area contributed by atoms with Crippen LogP contribution in [0.4, 0.5) is 0 Å². The molecule has 0 saturated heterocycles. The summed E-state index contributed by atoms with van der Waals surface area (Å²) in [6, 6.07) is 0. The molecule has 0 aliphatic rings. The summed E-state index contributed by atoms with van der Waals surface area (Å²) >= 11 is 0. The first-order valence-corrected chi connectivity index (χ1v) is 4.16. The van der Waals surface area contributed by atoms with E-state index in [-0.39, 0.29) is 0 Å². The molecule has 0 bridgehead atoms. The maximum atomic E-state index is 9.39. The number of fused-ring (bicyclic) bond motifs is 1. The molecule has 0 amide bonds. The normalized spacial score (nSPS) is 13.5. The lowest BCUT2D eigenvalue weighted by Gasteiger charge is -2.00. The van der Waals surface area contributed by atoms with E-state index in [4.69, 9.17) is 0 Å². The van der Waals surface area contributed by atoms with Gasteiger partial charge in [-0.05, 0) is 19.4 Å². The van der Waals surface area contributed by atoms with Gasteiger partial charge < -0.3 is 5.11 Å². The van der Waals surface area contributed by atoms with Gasteiger partial charge >= 0.3 is 0 Å². The third-order valence-electron chi connectivity index (χ3n) is 1.96. The second-order valence-corrected chi connectivity index (χ2v) is 3.18. The van der Waals surface area contributed by atoms with Crippen molar-refractivity contribution in [2.45, 2.75) is 20.0 Å². The molecule has 2 aromatic rings. The van der Waals surface area contributed by atoms with Crippen LogP contribution in [0, 0.1) is 6.92 Å². The van der Waals surface area contributed by atoms with E-state index in [0.717, 1.165) is 16.8 Å². The van der Waals surface area contributed by atoms with Gasteiger partial charge in [-0.25, -0.2) is 9.50 Å². The first-order chi connectivity index (χ1) is 6.18. The summed E-state index contributed by atoms with van der Waals surface area (Å²) in [6.07, 6.45) is 4.77. The molecule has 1 atom stereocenters. The Hall–Kier alpha value is -1.42. The average molecular weight is 177 g/mol. The largest absolute Gasteiger partial charge is 0.389 e. The van der Waals surface area contributed by atoms with Crippen molar-refractivity contribution >= 4 is 5.65 Å². The van der Waals surface area contributed by atoms with Crippen LogP contribution in [0.25, 0.3) is 5.65 Å². The summed E-state index contributed by atoms with van der Waals surface area (Å²) < 4.78 is 1.68. The highest BCUT2D eigenvalue weighted by molar-refractivity contribution is 5.47. The number of aliphatic hydroxyl groups is 1. The van der Waals surface area contributed by atoms with Crippen LogP contribution in [-0.2, 0) is 0 Å². The molecule has 2 rings (SSSR count). The fraction of sp³-hybridized carbons (Fsp3) is 0.333. The molecule has 4 heteroatoms. The lowest BCUT2D eigenvalue weighted by atomic mass is 10.2. The Morgan fingerprint density at radius 1 is 1.46 bits per heavy atom. The van der Waals surface area contributed by atoms with E-state index in [9.17, 15) is 5.11 Å². The summed E-state index contributed by atoms with van der Waals surface area (Å²) in [5.74, 6) is 0. The Morgan fingerprint density at radius 3 is 2.92 bits per heavy atom. The maximum Gasteiger partial charge on any atom is 0.160 e. The van der Waals surface area contributed by atoms with E-state index in [1.807, 2.05) is 13.1 Å². The summed E-state index contributed by atoms with van der Waals surface area (Å²) in [5, 5.41) is 13.5. The Labute approximate surface area is 75.8 Å². The molecule has 1 N–H and O–H groups in total. The van der Waals surface area contributed by atoms with Crippen LogP contribution in [0.15, 0.2) is 18.6 Å². The van der Waals surface area contributed by atoms with Gasteiger partial charge in [0.15, 0.2) is 5.65 Å². The van der Waals surface area contributed by atoms with Crippen LogP contribution in [0.5, 0.6) is 0 Å². The fourth-order valence-electron chi connectivity index (χ4n) is 1.28. The number of rotatable bonds is 1. The predicted octanol–water partition coefficient (Wildman–Crippen LogP) is 1.09. The minimum atomic E-state index is -0.521. The number of aromatic nitrogens is 3. The minimum Gasteiger partial charge on any atom is -0.389 e. The van der Waals surface area contributed by atoms with Gasteiger partial charge in [-0.1, -0.05) is 0 Å². The molecule has 0 radical (unpaired) electrons. The van der Waals surface area contributed by atoms with Crippen molar-refractivity contribution in [2.24, 2.45) is 0 Å². The highest BCUT2D eigenvalue weighted by Crippen LogP contribution is 2.16. The van der Waals surface area contributed by atoms with E-state index < -0.39 is 6.10 Å². The molecule has 13 heavy (non-hydrogen) atoms. The van der Waals surface area contributed by atoms with Crippen LogP contribution < -0.4 is 0 Å². The van der Waals surface area contributed by atoms with Gasteiger partial charge in [0.25, 0.3) is 0 Å². The monoisotopic (exact) mass is 177 g/mol. The molecule has 0 aliphatic carbocycles.